The van der Waals surface area contributed by atoms with Crippen molar-refractivity contribution >= 4 is 23.2 Å². The number of piperidine rings is 1. The van der Waals surface area contributed by atoms with E-state index in [9.17, 15) is 14.0 Å². The summed E-state index contributed by atoms with van der Waals surface area (Å²) >= 11 is 1.61. The lowest BCUT2D eigenvalue weighted by atomic mass is 10.00. The van der Waals surface area contributed by atoms with E-state index < -0.39 is 5.95 Å². The third-order valence-corrected chi connectivity index (χ3v) is 7.22. The first-order valence-corrected chi connectivity index (χ1v) is 12.6. The van der Waals surface area contributed by atoms with E-state index in [0.29, 0.717) is 29.9 Å². The van der Waals surface area contributed by atoms with Crippen LogP contribution in [0, 0.1) is 31.1 Å². The van der Waals surface area contributed by atoms with Crippen molar-refractivity contribution in [2.75, 3.05) is 19.6 Å². The molecule has 1 aliphatic rings. The van der Waals surface area contributed by atoms with Gasteiger partial charge in [-0.25, -0.2) is 4.98 Å². The van der Waals surface area contributed by atoms with Crippen molar-refractivity contribution in [1.82, 2.24) is 20.1 Å². The number of nitrogens with zero attached hydrogens (tertiary/aromatic N) is 4. The summed E-state index contributed by atoms with van der Waals surface area (Å²) in [6.07, 6.45) is 2.41. The predicted octanol–water partition coefficient (Wildman–Crippen LogP) is 3.81. The molecule has 9 heteroatoms. The standard InChI is InChI=1S/C25H32FN5O2S/c1-17-14-22(26)29-19(3)24(17)25(33)28-10-5-18(2)30-11-6-21(7-12-30)31(23(32)4-9-27)15-20-8-13-34-16-20/h8,13-14,16,18,21H,4-7,10-12,15H2,1-3H3,(H,28,33)/t18-/m1/s1. The molecule has 3 rings (SSSR count). The number of rotatable bonds is 9. The van der Waals surface area contributed by atoms with E-state index in [1.807, 2.05) is 27.8 Å². The fourth-order valence-electron chi connectivity index (χ4n) is 4.60. The van der Waals surface area contributed by atoms with Crippen LogP contribution in [0.4, 0.5) is 4.39 Å². The third-order valence-electron chi connectivity index (χ3n) is 6.49. The zero-order valence-electron chi connectivity index (χ0n) is 20.0. The van der Waals surface area contributed by atoms with Gasteiger partial charge in [0.25, 0.3) is 5.91 Å². The number of likely N-dealkylation sites (tertiary alicyclic amines) is 1. The van der Waals surface area contributed by atoms with Gasteiger partial charge in [-0.1, -0.05) is 0 Å². The highest BCUT2D eigenvalue weighted by atomic mass is 32.1. The van der Waals surface area contributed by atoms with Crippen LogP contribution in [0.1, 0.15) is 59.8 Å². The number of nitriles is 1. The number of hydrogen-bond acceptors (Lipinski definition) is 6. The number of amides is 2. The smallest absolute Gasteiger partial charge is 0.253 e. The molecule has 0 aromatic carbocycles. The minimum atomic E-state index is -0.577. The van der Waals surface area contributed by atoms with Crippen LogP contribution in [0.3, 0.4) is 0 Å². The Kier molecular flexibility index (Phi) is 9.13. The molecule has 1 aliphatic heterocycles. The van der Waals surface area contributed by atoms with E-state index in [0.717, 1.165) is 37.9 Å². The maximum Gasteiger partial charge on any atom is 0.253 e. The van der Waals surface area contributed by atoms with Crippen molar-refractivity contribution in [1.29, 1.82) is 5.26 Å². The molecule has 0 aliphatic carbocycles. The molecule has 34 heavy (non-hydrogen) atoms. The largest absolute Gasteiger partial charge is 0.352 e. The first kappa shape index (κ1) is 25.8. The Morgan fingerprint density at radius 2 is 2.12 bits per heavy atom. The van der Waals surface area contributed by atoms with Gasteiger partial charge >= 0.3 is 0 Å². The van der Waals surface area contributed by atoms with Gasteiger partial charge in [-0.05, 0) is 74.1 Å². The molecule has 182 valence electrons. The summed E-state index contributed by atoms with van der Waals surface area (Å²) in [4.78, 5) is 33.2. The molecule has 0 radical (unpaired) electrons. The predicted molar refractivity (Wildman–Crippen MR) is 130 cm³/mol. The molecule has 1 saturated heterocycles. The average Bonchev–Trinajstić information content (AvgIpc) is 3.30. The Bertz CT molecular complexity index is 1010. The van der Waals surface area contributed by atoms with Crippen LogP contribution < -0.4 is 5.32 Å². The van der Waals surface area contributed by atoms with Crippen LogP contribution in [0.2, 0.25) is 0 Å². The van der Waals surface area contributed by atoms with Crippen LogP contribution in [-0.4, -0.2) is 58.3 Å². The monoisotopic (exact) mass is 485 g/mol. The highest BCUT2D eigenvalue weighted by Gasteiger charge is 2.29. The number of pyridine rings is 1. The van der Waals surface area contributed by atoms with Crippen molar-refractivity contribution in [3.8, 4) is 6.07 Å². The number of thiophene rings is 1. The summed E-state index contributed by atoms with van der Waals surface area (Å²) in [5.74, 6) is -0.913. The lowest BCUT2D eigenvalue weighted by Crippen LogP contribution is -2.49. The number of aromatic nitrogens is 1. The molecular formula is C25H32FN5O2S. The van der Waals surface area contributed by atoms with Crippen LogP contribution >= 0.6 is 11.3 Å². The molecule has 0 bridgehead atoms. The summed E-state index contributed by atoms with van der Waals surface area (Å²) in [5.41, 5.74) is 2.51. The summed E-state index contributed by atoms with van der Waals surface area (Å²) < 4.78 is 13.4. The Labute approximate surface area is 204 Å². The third kappa shape index (κ3) is 6.61. The highest BCUT2D eigenvalue weighted by Crippen LogP contribution is 2.23. The number of aryl methyl sites for hydroxylation is 2. The number of hydrogen-bond donors (Lipinski definition) is 1. The lowest BCUT2D eigenvalue weighted by molar-refractivity contribution is -0.134. The van der Waals surface area contributed by atoms with E-state index in [1.165, 1.54) is 6.07 Å². The van der Waals surface area contributed by atoms with Gasteiger partial charge < -0.3 is 15.1 Å². The van der Waals surface area contributed by atoms with Crippen molar-refractivity contribution in [3.63, 3.8) is 0 Å². The van der Waals surface area contributed by atoms with Gasteiger partial charge in [0.15, 0.2) is 0 Å². The first-order chi connectivity index (χ1) is 16.3. The van der Waals surface area contributed by atoms with Gasteiger partial charge in [0, 0.05) is 38.3 Å². The Morgan fingerprint density at radius 1 is 1.38 bits per heavy atom. The van der Waals surface area contributed by atoms with E-state index in [1.54, 1.807) is 25.2 Å². The molecular weight excluding hydrogens is 453 g/mol. The van der Waals surface area contributed by atoms with Crippen molar-refractivity contribution < 1.29 is 14.0 Å². The second-order valence-electron chi connectivity index (χ2n) is 8.87. The van der Waals surface area contributed by atoms with Crippen LogP contribution in [0.25, 0.3) is 0 Å². The fourth-order valence-corrected chi connectivity index (χ4v) is 5.26. The number of carbonyl (C=O) groups excluding carboxylic acids is 2. The molecule has 1 N–H and O–H groups in total. The molecule has 2 aromatic heterocycles. The summed E-state index contributed by atoms with van der Waals surface area (Å²) in [6, 6.07) is 5.69. The second kappa shape index (κ2) is 12.0. The Hall–Kier alpha value is -2.83. The van der Waals surface area contributed by atoms with E-state index in [-0.39, 0.29) is 30.3 Å². The number of halogens is 1. The van der Waals surface area contributed by atoms with Gasteiger partial charge in [-0.15, -0.1) is 0 Å². The minimum Gasteiger partial charge on any atom is -0.352 e. The number of nitrogens with one attached hydrogen (secondary N) is 1. The van der Waals surface area contributed by atoms with Crippen molar-refractivity contribution in [2.45, 2.75) is 65.1 Å². The summed E-state index contributed by atoms with van der Waals surface area (Å²) in [5, 5.41) is 16.0. The van der Waals surface area contributed by atoms with Gasteiger partial charge in [0.05, 0.1) is 17.3 Å². The maximum atomic E-state index is 13.4. The Balaban J connectivity index is 1.49. The molecule has 0 spiro atoms. The van der Waals surface area contributed by atoms with E-state index in [2.05, 4.69) is 22.1 Å². The summed E-state index contributed by atoms with van der Waals surface area (Å²) in [6.45, 7) is 8.28. The average molecular weight is 486 g/mol. The Morgan fingerprint density at radius 3 is 2.74 bits per heavy atom. The van der Waals surface area contributed by atoms with Crippen LogP contribution in [0.5, 0.6) is 0 Å². The summed E-state index contributed by atoms with van der Waals surface area (Å²) in [7, 11) is 0. The van der Waals surface area contributed by atoms with Gasteiger partial charge in [-0.3, -0.25) is 9.59 Å². The second-order valence-corrected chi connectivity index (χ2v) is 9.65. The normalized spacial score (nSPS) is 15.5. The molecule has 1 fully saturated rings. The van der Waals surface area contributed by atoms with Gasteiger partial charge in [-0.2, -0.15) is 21.0 Å². The molecule has 0 saturated carbocycles. The van der Waals surface area contributed by atoms with Crippen molar-refractivity contribution in [2.24, 2.45) is 0 Å². The van der Waals surface area contributed by atoms with Gasteiger partial charge in [0.1, 0.15) is 6.42 Å². The molecule has 2 amide bonds. The highest BCUT2D eigenvalue weighted by molar-refractivity contribution is 7.07. The maximum absolute atomic E-state index is 13.4. The quantitative estimate of drug-likeness (QED) is 0.546. The van der Waals surface area contributed by atoms with E-state index >= 15 is 0 Å². The molecule has 1 atom stereocenters. The van der Waals surface area contributed by atoms with Crippen LogP contribution in [0.15, 0.2) is 22.9 Å². The zero-order valence-corrected chi connectivity index (χ0v) is 20.8. The molecule has 3 heterocycles. The SMILES string of the molecule is Cc1cc(F)nc(C)c1C(=O)NCC[C@@H](C)N1CCC(N(Cc2ccsc2)C(=O)CC#N)CC1. The van der Waals surface area contributed by atoms with Crippen molar-refractivity contribution in [3.05, 3.63) is 51.2 Å². The molecule has 2 aromatic rings. The fraction of sp³-hybridized carbons (Fsp3) is 0.520. The van der Waals surface area contributed by atoms with Crippen LogP contribution in [-0.2, 0) is 11.3 Å². The lowest BCUT2D eigenvalue weighted by Gasteiger charge is -2.40. The minimum absolute atomic E-state index is 0.0943. The first-order valence-electron chi connectivity index (χ1n) is 11.6. The molecule has 7 nitrogen and oxygen atoms in total. The molecule has 0 unspecified atom stereocenters. The van der Waals surface area contributed by atoms with Gasteiger partial charge in [0.2, 0.25) is 11.9 Å². The topological polar surface area (TPSA) is 89.3 Å². The van der Waals surface area contributed by atoms with E-state index in [4.69, 9.17) is 5.26 Å². The number of carbonyl (C=O) groups is 2. The zero-order chi connectivity index (χ0) is 24.7.